The maximum absolute atomic E-state index is 12.3. The van der Waals surface area contributed by atoms with E-state index in [1.807, 2.05) is 30.3 Å². The van der Waals surface area contributed by atoms with Crippen LogP contribution in [0.3, 0.4) is 0 Å². The molecule has 0 saturated carbocycles. The molecule has 2 aromatic heterocycles. The van der Waals surface area contributed by atoms with Crippen molar-refractivity contribution in [3.05, 3.63) is 53.2 Å². The summed E-state index contributed by atoms with van der Waals surface area (Å²) < 4.78 is 0. The van der Waals surface area contributed by atoms with Crippen LogP contribution in [0.2, 0.25) is 0 Å². The van der Waals surface area contributed by atoms with Gasteiger partial charge in [0.1, 0.15) is 17.0 Å². The summed E-state index contributed by atoms with van der Waals surface area (Å²) in [5.74, 6) is 1.22. The monoisotopic (exact) mass is 380 g/mol. The molecule has 1 aliphatic heterocycles. The van der Waals surface area contributed by atoms with Gasteiger partial charge in [-0.15, -0.1) is 11.3 Å². The number of Topliss-reactive ketones (excluding diaryl/α,β-unsaturated/α-hetero) is 1. The molecule has 0 spiro atoms. The van der Waals surface area contributed by atoms with Crippen molar-refractivity contribution in [3.8, 4) is 0 Å². The topological polar surface area (TPSA) is 49.3 Å². The van der Waals surface area contributed by atoms with Gasteiger partial charge in [0, 0.05) is 31.1 Å². The second kappa shape index (κ2) is 7.74. The van der Waals surface area contributed by atoms with Crippen LogP contribution in [0.15, 0.2) is 42.7 Å². The number of thiophene rings is 1. The molecule has 1 saturated heterocycles. The van der Waals surface area contributed by atoms with Crippen molar-refractivity contribution >= 4 is 33.2 Å². The fourth-order valence-corrected chi connectivity index (χ4v) is 4.78. The highest BCUT2D eigenvalue weighted by Crippen LogP contribution is 2.32. The predicted molar refractivity (Wildman–Crippen MR) is 110 cm³/mol. The van der Waals surface area contributed by atoms with E-state index in [1.54, 1.807) is 24.6 Å². The summed E-state index contributed by atoms with van der Waals surface area (Å²) in [5, 5.41) is 1.15. The van der Waals surface area contributed by atoms with Crippen molar-refractivity contribution in [2.24, 2.45) is 0 Å². The highest BCUT2D eigenvalue weighted by Gasteiger charge is 2.29. The predicted octanol–water partition coefficient (Wildman–Crippen LogP) is 3.71. The van der Waals surface area contributed by atoms with Gasteiger partial charge in [-0.1, -0.05) is 37.3 Å². The number of hydrogen-bond donors (Lipinski definition) is 0. The molecule has 0 radical (unpaired) electrons. The van der Waals surface area contributed by atoms with E-state index in [1.165, 1.54) is 4.88 Å². The number of nitrogens with zero attached hydrogens (tertiary/aromatic N) is 4. The van der Waals surface area contributed by atoms with E-state index < -0.39 is 0 Å². The Balaban J connectivity index is 1.54. The molecule has 6 heteroatoms. The molecular weight excluding hydrogens is 356 g/mol. The Kier molecular flexibility index (Phi) is 5.18. The van der Waals surface area contributed by atoms with E-state index in [9.17, 15) is 4.79 Å². The molecule has 3 aromatic rings. The summed E-state index contributed by atoms with van der Waals surface area (Å²) in [6, 6.07) is 12.1. The number of piperazine rings is 1. The average molecular weight is 381 g/mol. The molecule has 4 rings (SSSR count). The highest BCUT2D eigenvalue weighted by atomic mass is 32.1. The van der Waals surface area contributed by atoms with Crippen LogP contribution in [0.1, 0.15) is 30.3 Å². The number of hydrogen-bond acceptors (Lipinski definition) is 6. The fraction of sp³-hybridized carbons (Fsp3) is 0.381. The molecule has 1 unspecified atom stereocenters. The van der Waals surface area contributed by atoms with Crippen LogP contribution in [0.5, 0.6) is 0 Å². The molecule has 1 fully saturated rings. The molecule has 3 heterocycles. The standard InChI is InChI=1S/C21H24N4OS/c1-3-17-13-18-20(22-14-23-21(18)27-17)25-11-9-24(10-12-25)19(15(2)26)16-7-5-4-6-8-16/h4-8,13-14,19H,3,9-12H2,1-2H3. The average Bonchev–Trinajstić information content (AvgIpc) is 3.13. The Hall–Kier alpha value is -2.31. The molecule has 27 heavy (non-hydrogen) atoms. The van der Waals surface area contributed by atoms with Crippen LogP contribution in [0.25, 0.3) is 10.2 Å². The zero-order chi connectivity index (χ0) is 18.8. The number of rotatable bonds is 5. The first-order valence-corrected chi connectivity index (χ1v) is 10.3. The summed E-state index contributed by atoms with van der Waals surface area (Å²) in [5.41, 5.74) is 1.08. The van der Waals surface area contributed by atoms with Gasteiger partial charge in [-0.2, -0.15) is 0 Å². The van der Waals surface area contributed by atoms with Gasteiger partial charge < -0.3 is 4.90 Å². The Morgan fingerprint density at radius 1 is 1.15 bits per heavy atom. The maximum atomic E-state index is 12.3. The normalized spacial score (nSPS) is 16.6. The lowest BCUT2D eigenvalue weighted by atomic mass is 10.0. The molecule has 1 aromatic carbocycles. The van der Waals surface area contributed by atoms with E-state index >= 15 is 0 Å². The maximum Gasteiger partial charge on any atom is 0.151 e. The first-order chi connectivity index (χ1) is 13.2. The number of aromatic nitrogens is 2. The van der Waals surface area contributed by atoms with E-state index in [4.69, 9.17) is 0 Å². The minimum atomic E-state index is -0.161. The second-order valence-corrected chi connectivity index (χ2v) is 8.04. The quantitative estimate of drug-likeness (QED) is 0.675. The van der Waals surface area contributed by atoms with Crippen molar-refractivity contribution in [1.82, 2.24) is 14.9 Å². The third-order valence-corrected chi connectivity index (χ3v) is 6.37. The minimum absolute atomic E-state index is 0.161. The largest absolute Gasteiger partial charge is 0.353 e. The zero-order valence-electron chi connectivity index (χ0n) is 15.8. The van der Waals surface area contributed by atoms with Crippen LogP contribution < -0.4 is 4.90 Å². The second-order valence-electron chi connectivity index (χ2n) is 6.93. The van der Waals surface area contributed by atoms with Gasteiger partial charge in [-0.3, -0.25) is 9.69 Å². The number of ketones is 1. The lowest BCUT2D eigenvalue weighted by molar-refractivity contribution is -0.122. The third kappa shape index (κ3) is 3.59. The molecule has 0 amide bonds. The zero-order valence-corrected chi connectivity index (χ0v) is 16.6. The first-order valence-electron chi connectivity index (χ1n) is 9.45. The number of anilines is 1. The van der Waals surface area contributed by atoms with Crippen molar-refractivity contribution in [2.75, 3.05) is 31.1 Å². The Morgan fingerprint density at radius 2 is 1.89 bits per heavy atom. The summed E-state index contributed by atoms with van der Waals surface area (Å²) >= 11 is 1.75. The lowest BCUT2D eigenvalue weighted by Crippen LogP contribution is -2.49. The Labute approximate surface area is 163 Å². The molecular formula is C21H24N4OS. The first kappa shape index (κ1) is 18.1. The number of carbonyl (C=O) groups excluding carboxylic acids is 1. The molecule has 0 N–H and O–H groups in total. The molecule has 0 bridgehead atoms. The van der Waals surface area contributed by atoms with Crippen LogP contribution in [0.4, 0.5) is 5.82 Å². The van der Waals surface area contributed by atoms with Gasteiger partial charge in [0.05, 0.1) is 11.4 Å². The summed E-state index contributed by atoms with van der Waals surface area (Å²) in [6.07, 6.45) is 2.69. The number of aryl methyl sites for hydroxylation is 1. The van der Waals surface area contributed by atoms with Gasteiger partial charge in [0.15, 0.2) is 5.78 Å². The third-order valence-electron chi connectivity index (χ3n) is 5.19. The summed E-state index contributed by atoms with van der Waals surface area (Å²) in [7, 11) is 0. The highest BCUT2D eigenvalue weighted by molar-refractivity contribution is 7.18. The smallest absolute Gasteiger partial charge is 0.151 e. The van der Waals surface area contributed by atoms with E-state index in [0.29, 0.717) is 0 Å². The Bertz CT molecular complexity index is 932. The molecule has 0 aliphatic carbocycles. The lowest BCUT2D eigenvalue weighted by Gasteiger charge is -2.39. The van der Waals surface area contributed by atoms with Gasteiger partial charge in [-0.05, 0) is 25.0 Å². The van der Waals surface area contributed by atoms with Crippen LogP contribution in [-0.4, -0.2) is 46.8 Å². The van der Waals surface area contributed by atoms with Crippen LogP contribution in [-0.2, 0) is 11.2 Å². The van der Waals surface area contributed by atoms with Crippen molar-refractivity contribution in [1.29, 1.82) is 0 Å². The van der Waals surface area contributed by atoms with Crippen LogP contribution in [0, 0.1) is 0 Å². The number of benzene rings is 1. The van der Waals surface area contributed by atoms with Gasteiger partial charge >= 0.3 is 0 Å². The molecule has 5 nitrogen and oxygen atoms in total. The Morgan fingerprint density at radius 3 is 2.56 bits per heavy atom. The van der Waals surface area contributed by atoms with Gasteiger partial charge in [-0.25, -0.2) is 9.97 Å². The van der Waals surface area contributed by atoms with Gasteiger partial charge in [0.2, 0.25) is 0 Å². The summed E-state index contributed by atoms with van der Waals surface area (Å²) in [6.45, 7) is 7.27. The SMILES string of the molecule is CCc1cc2c(N3CCN(C(C(C)=O)c4ccccc4)CC3)ncnc2s1. The van der Waals surface area contributed by atoms with E-state index in [0.717, 1.165) is 54.2 Å². The van der Waals surface area contributed by atoms with Gasteiger partial charge in [0.25, 0.3) is 0 Å². The number of carbonyl (C=O) groups is 1. The van der Waals surface area contributed by atoms with Crippen molar-refractivity contribution in [2.45, 2.75) is 26.3 Å². The van der Waals surface area contributed by atoms with Crippen molar-refractivity contribution in [3.63, 3.8) is 0 Å². The molecule has 1 atom stereocenters. The van der Waals surface area contributed by atoms with Crippen LogP contribution >= 0.6 is 11.3 Å². The van der Waals surface area contributed by atoms with Crippen molar-refractivity contribution < 1.29 is 4.79 Å². The number of fused-ring (bicyclic) bond motifs is 1. The molecule has 1 aliphatic rings. The summed E-state index contributed by atoms with van der Waals surface area (Å²) in [4.78, 5) is 28.4. The molecule has 140 valence electrons. The van der Waals surface area contributed by atoms with E-state index in [2.05, 4.69) is 32.8 Å². The fourth-order valence-electron chi connectivity index (χ4n) is 3.85. The van der Waals surface area contributed by atoms with E-state index in [-0.39, 0.29) is 11.8 Å². The minimum Gasteiger partial charge on any atom is -0.353 e.